The maximum absolute atomic E-state index is 11.2. The van der Waals surface area contributed by atoms with Crippen molar-refractivity contribution in [3.8, 4) is 0 Å². The first kappa shape index (κ1) is 14.9. The Morgan fingerprint density at radius 3 is 2.83 bits per heavy atom. The highest BCUT2D eigenvalue weighted by molar-refractivity contribution is 5.83. The van der Waals surface area contributed by atoms with Crippen LogP contribution >= 0.6 is 0 Å². The highest BCUT2D eigenvalue weighted by atomic mass is 16.3. The fourth-order valence-corrected chi connectivity index (χ4v) is 4.59. The third-order valence-corrected chi connectivity index (χ3v) is 5.78. The van der Waals surface area contributed by atoms with Crippen molar-refractivity contribution in [1.82, 2.24) is 9.88 Å². The Morgan fingerprint density at radius 2 is 2.09 bits per heavy atom. The molecular weight excluding hydrogens is 284 g/mol. The number of aromatic nitrogens is 1. The Hall–Kier alpha value is -1.71. The summed E-state index contributed by atoms with van der Waals surface area (Å²) in [4.78, 5) is 6.91. The maximum Gasteiger partial charge on any atom is 0.0958 e. The number of nitrogens with zero attached hydrogens (tertiary/aromatic N) is 2. The number of aliphatic hydroxyl groups is 1. The van der Waals surface area contributed by atoms with E-state index >= 15 is 0 Å². The standard InChI is InChI=1S/C20H24N2O/c1-3-15-14-7-10-22(11-8-14)19(15)20(23)16-6-9-21-18-5-4-13(2)12-17(16)18/h3-6,9,12,14-15,19-20,23H,1,7-8,10-11H2,2H3. The SMILES string of the molecule is C=CC1C2CCN(CC2)C1C(O)c1ccnc2ccc(C)cc12. The Balaban J connectivity index is 1.78. The molecule has 0 radical (unpaired) electrons. The summed E-state index contributed by atoms with van der Waals surface area (Å²) < 4.78 is 0. The van der Waals surface area contributed by atoms with E-state index in [1.165, 1.54) is 18.4 Å². The second-order valence-electron chi connectivity index (χ2n) is 7.04. The van der Waals surface area contributed by atoms with Gasteiger partial charge in [0, 0.05) is 17.6 Å². The summed E-state index contributed by atoms with van der Waals surface area (Å²) in [5.74, 6) is 1.05. The van der Waals surface area contributed by atoms with E-state index in [0.29, 0.717) is 11.8 Å². The van der Waals surface area contributed by atoms with E-state index in [1.54, 1.807) is 0 Å². The molecule has 2 bridgehead atoms. The number of hydrogen-bond acceptors (Lipinski definition) is 3. The van der Waals surface area contributed by atoms with E-state index in [2.05, 4.69) is 41.6 Å². The Bertz CT molecular complexity index is 733. The molecule has 0 amide bonds. The molecule has 0 spiro atoms. The smallest absolute Gasteiger partial charge is 0.0958 e. The number of aryl methyl sites for hydroxylation is 1. The van der Waals surface area contributed by atoms with Crippen LogP contribution in [0.4, 0.5) is 0 Å². The van der Waals surface area contributed by atoms with Crippen LogP contribution in [0, 0.1) is 18.8 Å². The molecule has 1 aromatic heterocycles. The molecule has 3 nitrogen and oxygen atoms in total. The predicted molar refractivity (Wildman–Crippen MR) is 93.2 cm³/mol. The van der Waals surface area contributed by atoms with E-state index in [0.717, 1.165) is 29.6 Å². The lowest BCUT2D eigenvalue weighted by Crippen LogP contribution is -2.56. The van der Waals surface area contributed by atoms with Gasteiger partial charge >= 0.3 is 0 Å². The minimum absolute atomic E-state index is 0.145. The van der Waals surface area contributed by atoms with Crippen LogP contribution in [0.3, 0.4) is 0 Å². The van der Waals surface area contributed by atoms with Crippen LogP contribution in [0.25, 0.3) is 10.9 Å². The molecule has 1 N–H and O–H groups in total. The lowest BCUT2D eigenvalue weighted by atomic mass is 9.71. The Kier molecular flexibility index (Phi) is 3.70. The van der Waals surface area contributed by atoms with E-state index in [-0.39, 0.29) is 6.04 Å². The molecule has 2 aromatic rings. The van der Waals surface area contributed by atoms with Crippen LogP contribution in [-0.4, -0.2) is 34.1 Å². The second kappa shape index (κ2) is 5.73. The summed E-state index contributed by atoms with van der Waals surface area (Å²) in [5.41, 5.74) is 3.16. The van der Waals surface area contributed by atoms with Gasteiger partial charge in [-0.1, -0.05) is 17.7 Å². The first-order valence-corrected chi connectivity index (χ1v) is 8.59. The monoisotopic (exact) mass is 308 g/mol. The average molecular weight is 308 g/mol. The van der Waals surface area contributed by atoms with Crippen LogP contribution in [0.1, 0.15) is 30.1 Å². The van der Waals surface area contributed by atoms with Crippen LogP contribution in [0.15, 0.2) is 43.1 Å². The van der Waals surface area contributed by atoms with Gasteiger partial charge in [0.25, 0.3) is 0 Å². The van der Waals surface area contributed by atoms with Crippen molar-refractivity contribution in [2.24, 2.45) is 11.8 Å². The maximum atomic E-state index is 11.2. The van der Waals surface area contributed by atoms with Crippen LogP contribution in [-0.2, 0) is 0 Å². The molecule has 120 valence electrons. The van der Waals surface area contributed by atoms with Crippen molar-refractivity contribution >= 4 is 10.9 Å². The van der Waals surface area contributed by atoms with Gasteiger partial charge < -0.3 is 5.11 Å². The zero-order chi connectivity index (χ0) is 16.0. The third-order valence-electron chi connectivity index (χ3n) is 5.78. The van der Waals surface area contributed by atoms with E-state index in [9.17, 15) is 5.11 Å². The molecule has 3 saturated heterocycles. The lowest BCUT2D eigenvalue weighted by molar-refractivity contribution is -0.0554. The van der Waals surface area contributed by atoms with E-state index in [1.807, 2.05) is 18.3 Å². The number of hydrogen-bond donors (Lipinski definition) is 1. The molecule has 4 heterocycles. The van der Waals surface area contributed by atoms with E-state index in [4.69, 9.17) is 0 Å². The highest BCUT2D eigenvalue weighted by Crippen LogP contribution is 2.43. The van der Waals surface area contributed by atoms with Gasteiger partial charge in [-0.3, -0.25) is 9.88 Å². The van der Waals surface area contributed by atoms with Crippen molar-refractivity contribution < 1.29 is 5.11 Å². The van der Waals surface area contributed by atoms with Gasteiger partial charge in [0.2, 0.25) is 0 Å². The van der Waals surface area contributed by atoms with Crippen molar-refractivity contribution in [3.63, 3.8) is 0 Å². The van der Waals surface area contributed by atoms with Crippen molar-refractivity contribution in [2.45, 2.75) is 31.9 Å². The third kappa shape index (κ3) is 2.39. The van der Waals surface area contributed by atoms with Crippen LogP contribution in [0.2, 0.25) is 0 Å². The van der Waals surface area contributed by atoms with Crippen molar-refractivity contribution in [2.75, 3.05) is 13.1 Å². The molecular formula is C20H24N2O. The summed E-state index contributed by atoms with van der Waals surface area (Å²) in [5, 5.41) is 12.3. The normalized spacial score (nSPS) is 31.2. The first-order valence-electron chi connectivity index (χ1n) is 8.59. The highest BCUT2D eigenvalue weighted by Gasteiger charge is 2.44. The molecule has 3 aliphatic heterocycles. The largest absolute Gasteiger partial charge is 0.387 e. The van der Waals surface area contributed by atoms with Gasteiger partial charge in [-0.2, -0.15) is 0 Å². The number of piperidine rings is 3. The van der Waals surface area contributed by atoms with Crippen LogP contribution < -0.4 is 0 Å². The van der Waals surface area contributed by atoms with E-state index < -0.39 is 6.10 Å². The van der Waals surface area contributed by atoms with Gasteiger partial charge in [-0.15, -0.1) is 6.58 Å². The van der Waals surface area contributed by atoms with Gasteiger partial charge in [-0.25, -0.2) is 0 Å². The van der Waals surface area contributed by atoms with Gasteiger partial charge in [0.05, 0.1) is 11.6 Å². The second-order valence-corrected chi connectivity index (χ2v) is 7.04. The predicted octanol–water partition coefficient (Wildman–Crippen LogP) is 3.47. The zero-order valence-corrected chi connectivity index (χ0v) is 13.7. The minimum Gasteiger partial charge on any atom is -0.387 e. The molecule has 23 heavy (non-hydrogen) atoms. The molecule has 0 saturated carbocycles. The fraction of sp³-hybridized carbons (Fsp3) is 0.450. The summed E-state index contributed by atoms with van der Waals surface area (Å²) in [6.07, 6.45) is 5.86. The van der Waals surface area contributed by atoms with Crippen molar-refractivity contribution in [1.29, 1.82) is 0 Å². The first-order chi connectivity index (χ1) is 11.2. The quantitative estimate of drug-likeness (QED) is 0.882. The number of benzene rings is 1. The lowest BCUT2D eigenvalue weighted by Gasteiger charge is -2.51. The summed E-state index contributed by atoms with van der Waals surface area (Å²) >= 11 is 0. The Morgan fingerprint density at radius 1 is 1.30 bits per heavy atom. The molecule has 3 atom stereocenters. The van der Waals surface area contributed by atoms with Crippen molar-refractivity contribution in [3.05, 3.63) is 54.2 Å². The number of rotatable bonds is 3. The molecule has 3 aliphatic rings. The van der Waals surface area contributed by atoms with Gasteiger partial charge in [0.1, 0.15) is 0 Å². The number of pyridine rings is 1. The topological polar surface area (TPSA) is 36.4 Å². The summed E-state index contributed by atoms with van der Waals surface area (Å²) in [6.45, 7) is 8.33. The summed E-state index contributed by atoms with van der Waals surface area (Å²) in [7, 11) is 0. The average Bonchev–Trinajstić information content (AvgIpc) is 2.60. The molecule has 3 fully saturated rings. The molecule has 3 unspecified atom stereocenters. The molecule has 3 heteroatoms. The Labute approximate surface area is 137 Å². The molecule has 5 rings (SSSR count). The molecule has 1 aromatic carbocycles. The zero-order valence-electron chi connectivity index (χ0n) is 13.7. The fourth-order valence-electron chi connectivity index (χ4n) is 4.59. The van der Waals surface area contributed by atoms with Gasteiger partial charge in [-0.05, 0) is 68.5 Å². The van der Waals surface area contributed by atoms with Crippen LogP contribution in [0.5, 0.6) is 0 Å². The number of fused-ring (bicyclic) bond motifs is 4. The van der Waals surface area contributed by atoms with Gasteiger partial charge in [0.15, 0.2) is 0 Å². The summed E-state index contributed by atoms with van der Waals surface area (Å²) in [6, 6.07) is 8.38. The minimum atomic E-state index is -0.492. The molecule has 0 aliphatic carbocycles. The number of aliphatic hydroxyl groups excluding tert-OH is 1.